The van der Waals surface area contributed by atoms with Gasteiger partial charge in [-0.15, -0.1) is 0 Å². The average molecular weight is 333 g/mol. The van der Waals surface area contributed by atoms with Crippen LogP contribution in [-0.2, 0) is 6.42 Å². The summed E-state index contributed by atoms with van der Waals surface area (Å²) in [5, 5.41) is 0. The topological polar surface area (TPSA) is 19.4 Å². The first-order valence-electron chi connectivity index (χ1n) is 9.61. The lowest BCUT2D eigenvalue weighted by Gasteiger charge is -2.38. The molecule has 0 N–H and O–H groups in total. The lowest BCUT2D eigenvalue weighted by atomic mass is 9.86. The van der Waals surface area contributed by atoms with Gasteiger partial charge in [0.15, 0.2) is 0 Å². The number of aromatic nitrogens is 1. The number of nitrogens with zero attached hydrogens (tertiary/aromatic N) is 3. The van der Waals surface area contributed by atoms with E-state index in [-0.39, 0.29) is 0 Å². The molecule has 5 rings (SSSR count). The smallest absolute Gasteiger partial charge is 0.0518 e. The van der Waals surface area contributed by atoms with Crippen LogP contribution in [0.2, 0.25) is 0 Å². The minimum Gasteiger partial charge on any atom is -0.366 e. The van der Waals surface area contributed by atoms with Gasteiger partial charge in [0.05, 0.1) is 6.04 Å². The third kappa shape index (κ3) is 2.32. The Morgan fingerprint density at radius 3 is 2.84 bits per heavy atom. The summed E-state index contributed by atoms with van der Waals surface area (Å²) < 4.78 is 0. The molecule has 2 fully saturated rings. The van der Waals surface area contributed by atoms with E-state index in [0.29, 0.717) is 6.04 Å². The van der Waals surface area contributed by atoms with Crippen molar-refractivity contribution in [1.29, 1.82) is 0 Å². The second-order valence-corrected chi connectivity index (χ2v) is 8.33. The van der Waals surface area contributed by atoms with E-state index >= 15 is 0 Å². The molecule has 25 heavy (non-hydrogen) atoms. The van der Waals surface area contributed by atoms with Crippen LogP contribution in [0.4, 0.5) is 5.69 Å². The number of fused-ring (bicyclic) bond motifs is 7. The minimum atomic E-state index is 0.666. The highest BCUT2D eigenvalue weighted by molar-refractivity contribution is 5.65. The number of hydrogen-bond donors (Lipinski definition) is 0. The number of hydrogen-bond acceptors (Lipinski definition) is 3. The SMILES string of the molecule is Cc1ccc2c(c1)C1C3CC(C1N2CCc1ccc(C)nc1)N(C)C3. The van der Waals surface area contributed by atoms with Crippen LogP contribution in [0.3, 0.4) is 0 Å². The van der Waals surface area contributed by atoms with Crippen molar-refractivity contribution in [3.63, 3.8) is 0 Å². The summed E-state index contributed by atoms with van der Waals surface area (Å²) in [5.74, 6) is 1.58. The number of pyridine rings is 1. The molecule has 3 aliphatic rings. The van der Waals surface area contributed by atoms with E-state index in [1.54, 1.807) is 5.56 Å². The summed E-state index contributed by atoms with van der Waals surface area (Å²) >= 11 is 0. The Bertz CT molecular complexity index is 797. The first-order valence-corrected chi connectivity index (χ1v) is 9.61. The van der Waals surface area contributed by atoms with Crippen molar-refractivity contribution in [3.05, 3.63) is 58.9 Å². The maximum absolute atomic E-state index is 4.47. The van der Waals surface area contributed by atoms with Gasteiger partial charge in [-0.05, 0) is 62.9 Å². The van der Waals surface area contributed by atoms with Crippen molar-refractivity contribution in [3.8, 4) is 0 Å². The highest BCUT2D eigenvalue weighted by atomic mass is 15.3. The first-order chi connectivity index (χ1) is 12.1. The van der Waals surface area contributed by atoms with Crippen LogP contribution in [0.1, 0.15) is 34.7 Å². The summed E-state index contributed by atoms with van der Waals surface area (Å²) in [6.07, 6.45) is 4.50. The van der Waals surface area contributed by atoms with Gasteiger partial charge in [0.25, 0.3) is 0 Å². The fraction of sp³-hybridized carbons (Fsp3) is 0.500. The van der Waals surface area contributed by atoms with Gasteiger partial charge in [-0.1, -0.05) is 23.8 Å². The zero-order valence-corrected chi connectivity index (χ0v) is 15.4. The molecule has 1 aromatic heterocycles. The monoisotopic (exact) mass is 333 g/mol. The van der Waals surface area contributed by atoms with Crippen molar-refractivity contribution < 1.29 is 0 Å². The van der Waals surface area contributed by atoms with E-state index in [0.717, 1.165) is 36.5 Å². The Hall–Kier alpha value is -1.87. The molecule has 2 aliphatic heterocycles. The van der Waals surface area contributed by atoms with Gasteiger partial charge in [0.1, 0.15) is 0 Å². The second-order valence-electron chi connectivity index (χ2n) is 8.33. The normalized spacial score (nSPS) is 30.0. The molecule has 2 aromatic rings. The Morgan fingerprint density at radius 2 is 2.04 bits per heavy atom. The van der Waals surface area contributed by atoms with Gasteiger partial charge < -0.3 is 9.80 Å². The Kier molecular flexibility index (Phi) is 3.43. The molecule has 3 heteroatoms. The van der Waals surface area contributed by atoms with E-state index < -0.39 is 0 Å². The predicted octanol–water partition coefficient (Wildman–Crippen LogP) is 3.55. The molecular weight excluding hydrogens is 306 g/mol. The fourth-order valence-electron chi connectivity index (χ4n) is 5.62. The highest BCUT2D eigenvalue weighted by Crippen LogP contribution is 2.56. The quantitative estimate of drug-likeness (QED) is 0.856. The Morgan fingerprint density at radius 1 is 1.16 bits per heavy atom. The molecular formula is C22H27N3. The number of aryl methyl sites for hydroxylation is 2. The van der Waals surface area contributed by atoms with Crippen molar-refractivity contribution in [2.45, 2.75) is 44.7 Å². The van der Waals surface area contributed by atoms with E-state index in [1.165, 1.54) is 29.8 Å². The summed E-state index contributed by atoms with van der Waals surface area (Å²) in [7, 11) is 2.32. The number of piperidine rings is 1. The Labute approximate surface area is 150 Å². The largest absolute Gasteiger partial charge is 0.366 e. The van der Waals surface area contributed by atoms with Gasteiger partial charge in [-0.2, -0.15) is 0 Å². The summed E-state index contributed by atoms with van der Waals surface area (Å²) in [6, 6.07) is 12.9. The molecule has 130 valence electrons. The zero-order chi connectivity index (χ0) is 17.1. The maximum atomic E-state index is 4.47. The number of likely N-dealkylation sites (tertiary alicyclic amines) is 1. The average Bonchev–Trinajstić information content (AvgIpc) is 3.23. The maximum Gasteiger partial charge on any atom is 0.0518 e. The molecule has 1 saturated carbocycles. The number of likely N-dealkylation sites (N-methyl/N-ethyl adjacent to an activating group) is 1. The van der Waals surface area contributed by atoms with E-state index in [9.17, 15) is 0 Å². The molecule has 0 amide bonds. The summed E-state index contributed by atoms with van der Waals surface area (Å²) in [4.78, 5) is 9.79. The number of benzene rings is 1. The Balaban J connectivity index is 1.46. The van der Waals surface area contributed by atoms with Gasteiger partial charge >= 0.3 is 0 Å². The van der Waals surface area contributed by atoms with Crippen LogP contribution >= 0.6 is 0 Å². The predicted molar refractivity (Wildman–Crippen MR) is 102 cm³/mol. The molecule has 1 aromatic carbocycles. The minimum absolute atomic E-state index is 0.666. The van der Waals surface area contributed by atoms with Crippen molar-refractivity contribution in [1.82, 2.24) is 9.88 Å². The van der Waals surface area contributed by atoms with Crippen molar-refractivity contribution >= 4 is 5.69 Å². The van der Waals surface area contributed by atoms with Crippen molar-refractivity contribution in [2.24, 2.45) is 5.92 Å². The molecule has 1 saturated heterocycles. The van der Waals surface area contributed by atoms with Gasteiger partial charge in [0, 0.05) is 42.6 Å². The third-order valence-electron chi connectivity index (χ3n) is 6.73. The molecule has 2 bridgehead atoms. The molecule has 3 nitrogen and oxygen atoms in total. The van der Waals surface area contributed by atoms with Crippen LogP contribution in [-0.4, -0.2) is 42.1 Å². The second kappa shape index (κ2) is 5.57. The van der Waals surface area contributed by atoms with Crippen LogP contribution in [0.15, 0.2) is 36.5 Å². The van der Waals surface area contributed by atoms with Gasteiger partial charge in [-0.25, -0.2) is 0 Å². The summed E-state index contributed by atoms with van der Waals surface area (Å²) in [5.41, 5.74) is 6.95. The summed E-state index contributed by atoms with van der Waals surface area (Å²) in [6.45, 7) is 6.65. The fourth-order valence-corrected chi connectivity index (χ4v) is 5.62. The molecule has 4 unspecified atom stereocenters. The van der Waals surface area contributed by atoms with E-state index in [2.05, 4.69) is 66.0 Å². The van der Waals surface area contributed by atoms with Crippen LogP contribution in [0.25, 0.3) is 0 Å². The number of anilines is 1. The van der Waals surface area contributed by atoms with Gasteiger partial charge in [0.2, 0.25) is 0 Å². The van der Waals surface area contributed by atoms with Crippen LogP contribution < -0.4 is 4.90 Å². The molecule has 0 spiro atoms. The van der Waals surface area contributed by atoms with Crippen molar-refractivity contribution in [2.75, 3.05) is 25.0 Å². The highest BCUT2D eigenvalue weighted by Gasteiger charge is 2.56. The molecule has 4 atom stereocenters. The van der Waals surface area contributed by atoms with Gasteiger partial charge in [-0.3, -0.25) is 4.98 Å². The molecule has 3 heterocycles. The molecule has 1 aliphatic carbocycles. The number of rotatable bonds is 3. The first kappa shape index (κ1) is 15.4. The standard InChI is InChI=1S/C22H27N3/c1-14-4-7-19-18(10-14)21-17-11-20(24(3)13-17)22(21)25(19)9-8-16-6-5-15(2)23-12-16/h4-7,10,12,17,20-22H,8-9,11,13H2,1-3H3. The van der Waals surface area contributed by atoms with E-state index in [4.69, 9.17) is 0 Å². The third-order valence-corrected chi connectivity index (χ3v) is 6.73. The van der Waals surface area contributed by atoms with E-state index in [1.807, 2.05) is 6.20 Å². The zero-order valence-electron chi connectivity index (χ0n) is 15.4. The molecule has 0 radical (unpaired) electrons. The van der Waals surface area contributed by atoms with Crippen LogP contribution in [0.5, 0.6) is 0 Å². The lowest BCUT2D eigenvalue weighted by Crippen LogP contribution is -2.49. The van der Waals surface area contributed by atoms with Crippen LogP contribution in [0, 0.1) is 19.8 Å². The lowest BCUT2D eigenvalue weighted by molar-refractivity contribution is 0.217.